The lowest BCUT2D eigenvalue weighted by Crippen LogP contribution is -2.12. The quantitative estimate of drug-likeness (QED) is 0.746. The Balaban J connectivity index is 2.70. The molecule has 0 bridgehead atoms. The lowest BCUT2D eigenvalue weighted by atomic mass is 10.2. The molecule has 0 N–H and O–H groups in total. The van der Waals surface area contributed by atoms with Gasteiger partial charge in [0.05, 0.1) is 18.7 Å². The molecule has 6 heteroatoms. The summed E-state index contributed by atoms with van der Waals surface area (Å²) in [6, 6.07) is 5.23. The van der Waals surface area contributed by atoms with E-state index in [4.69, 9.17) is 21.1 Å². The fraction of sp³-hybridized carbons (Fsp3) is 0.455. The minimum absolute atomic E-state index is 0.0131. The number of alkyl halides is 1. The van der Waals surface area contributed by atoms with Crippen molar-refractivity contribution in [1.29, 1.82) is 0 Å². The summed E-state index contributed by atoms with van der Waals surface area (Å²) in [4.78, 5) is 0. The molecule has 0 saturated carbocycles. The third-order valence-electron chi connectivity index (χ3n) is 2.12. The SMILES string of the molecule is COc1ccc(OCCS(C)(=O)=O)c(CCl)c1. The first-order valence-corrected chi connectivity index (χ1v) is 7.59. The molecule has 0 aliphatic heterocycles. The average molecular weight is 279 g/mol. The van der Waals surface area contributed by atoms with Gasteiger partial charge in [-0.15, -0.1) is 11.6 Å². The summed E-state index contributed by atoms with van der Waals surface area (Å²) in [7, 11) is -1.44. The van der Waals surface area contributed by atoms with E-state index < -0.39 is 9.84 Å². The van der Waals surface area contributed by atoms with Gasteiger partial charge in [0.1, 0.15) is 18.1 Å². The van der Waals surface area contributed by atoms with Crippen molar-refractivity contribution in [3.63, 3.8) is 0 Å². The van der Waals surface area contributed by atoms with Crippen LogP contribution in [0.25, 0.3) is 0 Å². The molecule has 0 aliphatic rings. The van der Waals surface area contributed by atoms with Crippen molar-refractivity contribution < 1.29 is 17.9 Å². The van der Waals surface area contributed by atoms with Crippen molar-refractivity contribution in [3.8, 4) is 11.5 Å². The van der Waals surface area contributed by atoms with Crippen LogP contribution in [0.4, 0.5) is 0 Å². The van der Waals surface area contributed by atoms with Crippen molar-refractivity contribution >= 4 is 21.4 Å². The highest BCUT2D eigenvalue weighted by molar-refractivity contribution is 7.90. The Bertz CT molecular complexity index is 470. The van der Waals surface area contributed by atoms with Gasteiger partial charge < -0.3 is 9.47 Å². The van der Waals surface area contributed by atoms with Gasteiger partial charge in [0.2, 0.25) is 0 Å². The van der Waals surface area contributed by atoms with E-state index in [9.17, 15) is 8.42 Å². The topological polar surface area (TPSA) is 52.6 Å². The number of methoxy groups -OCH3 is 1. The molecule has 1 aromatic carbocycles. The lowest BCUT2D eigenvalue weighted by Gasteiger charge is -2.10. The number of ether oxygens (including phenoxy) is 2. The largest absolute Gasteiger partial charge is 0.497 e. The van der Waals surface area contributed by atoms with Gasteiger partial charge in [0, 0.05) is 11.8 Å². The molecule has 0 heterocycles. The molecule has 0 unspecified atom stereocenters. The molecule has 0 fully saturated rings. The van der Waals surface area contributed by atoms with Crippen molar-refractivity contribution in [2.24, 2.45) is 0 Å². The molecule has 4 nitrogen and oxygen atoms in total. The zero-order valence-electron chi connectivity index (χ0n) is 9.77. The van der Waals surface area contributed by atoms with Crippen molar-refractivity contribution in [3.05, 3.63) is 23.8 Å². The van der Waals surface area contributed by atoms with Crippen LogP contribution in [-0.2, 0) is 15.7 Å². The maximum Gasteiger partial charge on any atom is 0.150 e. The summed E-state index contributed by atoms with van der Waals surface area (Å²) in [5, 5.41) is 0. The van der Waals surface area contributed by atoms with E-state index in [-0.39, 0.29) is 18.2 Å². The van der Waals surface area contributed by atoms with Gasteiger partial charge in [0.15, 0.2) is 9.84 Å². The van der Waals surface area contributed by atoms with E-state index in [1.807, 2.05) is 0 Å². The number of hydrogen-bond acceptors (Lipinski definition) is 4. The molecule has 0 aliphatic carbocycles. The average Bonchev–Trinajstić information content (AvgIpc) is 2.27. The molecular weight excluding hydrogens is 264 g/mol. The number of benzene rings is 1. The standard InChI is InChI=1S/C11H15ClO4S/c1-15-10-3-4-11(9(7-10)8-12)16-5-6-17(2,13)14/h3-4,7H,5-6,8H2,1-2H3. The van der Waals surface area contributed by atoms with Gasteiger partial charge in [-0.25, -0.2) is 8.42 Å². The van der Waals surface area contributed by atoms with Crippen molar-refractivity contribution in [2.45, 2.75) is 5.88 Å². The lowest BCUT2D eigenvalue weighted by molar-refractivity contribution is 0.337. The first-order valence-electron chi connectivity index (χ1n) is 4.99. The fourth-order valence-electron chi connectivity index (χ4n) is 1.23. The molecular formula is C11H15ClO4S. The summed E-state index contributed by atoms with van der Waals surface area (Å²) in [6.07, 6.45) is 1.17. The highest BCUT2D eigenvalue weighted by Gasteiger charge is 2.07. The Hall–Kier alpha value is -0.940. The van der Waals surface area contributed by atoms with Gasteiger partial charge in [-0.2, -0.15) is 0 Å². The molecule has 0 spiro atoms. The van der Waals surface area contributed by atoms with Crippen molar-refractivity contribution in [2.75, 3.05) is 25.7 Å². The summed E-state index contributed by atoms with van der Waals surface area (Å²) < 4.78 is 32.3. The second-order valence-corrected chi connectivity index (χ2v) is 6.11. The molecule has 96 valence electrons. The summed E-state index contributed by atoms with van der Waals surface area (Å²) >= 11 is 5.78. The second kappa shape index (κ2) is 6.12. The summed E-state index contributed by atoms with van der Waals surface area (Å²) in [5.41, 5.74) is 0.777. The Morgan fingerprint density at radius 3 is 2.59 bits per heavy atom. The van der Waals surface area contributed by atoms with Gasteiger partial charge in [-0.1, -0.05) is 0 Å². The Kier molecular flexibility index (Phi) is 5.08. The van der Waals surface area contributed by atoms with Crippen LogP contribution in [0.1, 0.15) is 5.56 Å². The number of rotatable bonds is 6. The maximum absolute atomic E-state index is 11.0. The molecule has 17 heavy (non-hydrogen) atoms. The Morgan fingerprint density at radius 2 is 2.06 bits per heavy atom. The van der Waals surface area contributed by atoms with Crippen LogP contribution in [0.2, 0.25) is 0 Å². The minimum Gasteiger partial charge on any atom is -0.497 e. The van der Waals surface area contributed by atoms with Gasteiger partial charge in [-0.05, 0) is 18.2 Å². The van der Waals surface area contributed by atoms with Crippen LogP contribution in [0, 0.1) is 0 Å². The van der Waals surface area contributed by atoms with Gasteiger partial charge >= 0.3 is 0 Å². The van der Waals surface area contributed by atoms with E-state index in [2.05, 4.69) is 0 Å². The van der Waals surface area contributed by atoms with Crippen LogP contribution < -0.4 is 9.47 Å². The first kappa shape index (κ1) is 14.1. The zero-order chi connectivity index (χ0) is 12.9. The molecule has 1 rings (SSSR count). The molecule has 0 radical (unpaired) electrons. The smallest absolute Gasteiger partial charge is 0.150 e. The third-order valence-corrected chi connectivity index (χ3v) is 3.32. The fourth-order valence-corrected chi connectivity index (χ4v) is 1.83. The van der Waals surface area contributed by atoms with Crippen LogP contribution in [0.5, 0.6) is 11.5 Å². The van der Waals surface area contributed by atoms with Crippen LogP contribution in [-0.4, -0.2) is 34.1 Å². The first-order chi connectivity index (χ1) is 7.96. The highest BCUT2D eigenvalue weighted by Crippen LogP contribution is 2.25. The van der Waals surface area contributed by atoms with E-state index in [1.54, 1.807) is 25.3 Å². The second-order valence-electron chi connectivity index (χ2n) is 3.59. The van der Waals surface area contributed by atoms with E-state index in [0.717, 1.165) is 5.56 Å². The molecule has 0 aromatic heterocycles. The summed E-state index contributed by atoms with van der Waals surface area (Å²) in [6.45, 7) is 0.120. The third kappa shape index (κ3) is 4.83. The zero-order valence-corrected chi connectivity index (χ0v) is 11.3. The Morgan fingerprint density at radius 1 is 1.35 bits per heavy atom. The van der Waals surface area contributed by atoms with E-state index in [1.165, 1.54) is 6.26 Å². The summed E-state index contributed by atoms with van der Waals surface area (Å²) in [5.74, 6) is 1.55. The van der Waals surface area contributed by atoms with Gasteiger partial charge in [0.25, 0.3) is 0 Å². The van der Waals surface area contributed by atoms with E-state index >= 15 is 0 Å². The molecule has 0 saturated heterocycles. The maximum atomic E-state index is 11.0. The monoisotopic (exact) mass is 278 g/mol. The van der Waals surface area contributed by atoms with Crippen LogP contribution >= 0.6 is 11.6 Å². The predicted molar refractivity (Wildman–Crippen MR) is 67.8 cm³/mol. The molecule has 0 atom stereocenters. The highest BCUT2D eigenvalue weighted by atomic mass is 35.5. The Labute approximate surface area is 106 Å². The normalized spacial score (nSPS) is 11.2. The number of hydrogen-bond donors (Lipinski definition) is 0. The number of sulfone groups is 1. The predicted octanol–water partition coefficient (Wildman–Crippen LogP) is 1.86. The van der Waals surface area contributed by atoms with E-state index in [0.29, 0.717) is 11.5 Å². The van der Waals surface area contributed by atoms with Crippen LogP contribution in [0.15, 0.2) is 18.2 Å². The van der Waals surface area contributed by atoms with Gasteiger partial charge in [-0.3, -0.25) is 0 Å². The molecule has 1 aromatic rings. The van der Waals surface area contributed by atoms with Crippen LogP contribution in [0.3, 0.4) is 0 Å². The molecule has 0 amide bonds. The minimum atomic E-state index is -3.01. The van der Waals surface area contributed by atoms with Crippen molar-refractivity contribution in [1.82, 2.24) is 0 Å². The number of halogens is 1.